The van der Waals surface area contributed by atoms with Gasteiger partial charge in [-0.3, -0.25) is 9.69 Å². The van der Waals surface area contributed by atoms with Crippen LogP contribution >= 0.6 is 0 Å². The van der Waals surface area contributed by atoms with Crippen LogP contribution in [0, 0.1) is 6.92 Å². The number of hydrogen-bond acceptors (Lipinski definition) is 5. The van der Waals surface area contributed by atoms with Gasteiger partial charge in [-0.05, 0) is 38.0 Å². The van der Waals surface area contributed by atoms with Gasteiger partial charge in [0.2, 0.25) is 10.0 Å². The highest BCUT2D eigenvalue weighted by molar-refractivity contribution is 7.89. The third kappa shape index (κ3) is 3.73. The van der Waals surface area contributed by atoms with Gasteiger partial charge in [0, 0.05) is 43.6 Å². The first-order chi connectivity index (χ1) is 13.9. The molecule has 3 amide bonds. The number of hydrogen-bond donors (Lipinski definition) is 2. The molecule has 1 aromatic carbocycles. The number of carbonyl (C=O) groups excluding carboxylic acids is 2. The third-order valence-corrected chi connectivity index (χ3v) is 7.06. The lowest BCUT2D eigenvalue weighted by Crippen LogP contribution is -2.28. The molecule has 2 aliphatic heterocycles. The molecule has 9 nitrogen and oxygen atoms in total. The lowest BCUT2D eigenvalue weighted by Gasteiger charge is -2.15. The maximum absolute atomic E-state index is 12.8. The fraction of sp³-hybridized carbons (Fsp3) is 0.368. The summed E-state index contributed by atoms with van der Waals surface area (Å²) in [6, 6.07) is 7.96. The smallest absolute Gasteiger partial charge is 0.321 e. The minimum absolute atomic E-state index is 0.0204. The molecule has 0 saturated carbocycles. The molecule has 0 aliphatic carbocycles. The first-order valence-electron chi connectivity index (χ1n) is 9.43. The highest BCUT2D eigenvalue weighted by Crippen LogP contribution is 2.27. The SMILES string of the molecule is Cc1oc(C(=O)Nc2cccc(N3CCNC3=O)c2)cc1S(=O)(=O)N1CCCC1. The van der Waals surface area contributed by atoms with Gasteiger partial charge in [0.15, 0.2) is 5.76 Å². The average molecular weight is 418 g/mol. The number of rotatable bonds is 5. The normalized spacial score (nSPS) is 17.6. The largest absolute Gasteiger partial charge is 0.455 e. The van der Waals surface area contributed by atoms with Gasteiger partial charge >= 0.3 is 6.03 Å². The van der Waals surface area contributed by atoms with E-state index in [2.05, 4.69) is 10.6 Å². The van der Waals surface area contributed by atoms with Gasteiger partial charge in [0.05, 0.1) is 0 Å². The molecule has 2 N–H and O–H groups in total. The molecule has 4 rings (SSSR count). The van der Waals surface area contributed by atoms with Crippen molar-refractivity contribution < 1.29 is 22.4 Å². The van der Waals surface area contributed by atoms with Crippen LogP contribution < -0.4 is 15.5 Å². The number of furan rings is 1. The molecule has 29 heavy (non-hydrogen) atoms. The van der Waals surface area contributed by atoms with Crippen LogP contribution in [0.5, 0.6) is 0 Å². The maximum Gasteiger partial charge on any atom is 0.321 e. The summed E-state index contributed by atoms with van der Waals surface area (Å²) in [4.78, 5) is 26.0. The molecule has 0 unspecified atom stereocenters. The van der Waals surface area contributed by atoms with Crippen molar-refractivity contribution >= 4 is 33.3 Å². The van der Waals surface area contributed by atoms with E-state index in [9.17, 15) is 18.0 Å². The summed E-state index contributed by atoms with van der Waals surface area (Å²) in [5, 5.41) is 5.42. The molecule has 3 heterocycles. The lowest BCUT2D eigenvalue weighted by molar-refractivity contribution is 0.0995. The highest BCUT2D eigenvalue weighted by atomic mass is 32.2. The highest BCUT2D eigenvalue weighted by Gasteiger charge is 2.31. The maximum atomic E-state index is 12.8. The second-order valence-electron chi connectivity index (χ2n) is 7.03. The van der Waals surface area contributed by atoms with Crippen LogP contribution in [0.25, 0.3) is 0 Å². The standard InChI is InChI=1S/C19H22N4O5S/c1-13-17(29(26,27)22-8-2-3-9-22)12-16(28-13)18(24)21-14-5-4-6-15(11-14)23-10-7-20-19(23)25/h4-6,11-12H,2-3,7-10H2,1H3,(H,20,25)(H,21,24). The Morgan fingerprint density at radius 1 is 1.17 bits per heavy atom. The lowest BCUT2D eigenvalue weighted by atomic mass is 10.2. The second kappa shape index (κ2) is 7.53. The van der Waals surface area contributed by atoms with Crippen LogP contribution in [-0.2, 0) is 10.0 Å². The first-order valence-corrected chi connectivity index (χ1v) is 10.9. The van der Waals surface area contributed by atoms with Gasteiger partial charge in [0.25, 0.3) is 5.91 Å². The number of sulfonamides is 1. The van der Waals surface area contributed by atoms with E-state index in [4.69, 9.17) is 4.42 Å². The minimum atomic E-state index is -3.67. The monoisotopic (exact) mass is 418 g/mol. The number of urea groups is 1. The van der Waals surface area contributed by atoms with Crippen molar-refractivity contribution in [2.24, 2.45) is 0 Å². The predicted molar refractivity (Wildman–Crippen MR) is 107 cm³/mol. The van der Waals surface area contributed by atoms with Crippen molar-refractivity contribution in [1.82, 2.24) is 9.62 Å². The summed E-state index contributed by atoms with van der Waals surface area (Å²) in [6.45, 7) is 3.60. The molecule has 2 aliphatic rings. The van der Waals surface area contributed by atoms with Gasteiger partial charge in [-0.15, -0.1) is 0 Å². The molecule has 0 atom stereocenters. The van der Waals surface area contributed by atoms with Crippen molar-refractivity contribution in [1.29, 1.82) is 0 Å². The molecule has 0 radical (unpaired) electrons. The molecular weight excluding hydrogens is 396 g/mol. The molecule has 0 spiro atoms. The zero-order valence-electron chi connectivity index (χ0n) is 16.0. The average Bonchev–Trinajstić information content (AvgIpc) is 3.42. The number of nitrogens with zero attached hydrogens (tertiary/aromatic N) is 2. The third-order valence-electron chi connectivity index (χ3n) is 5.05. The molecule has 0 bridgehead atoms. The fourth-order valence-corrected chi connectivity index (χ4v) is 5.24. The number of amides is 3. The fourth-order valence-electron chi connectivity index (χ4n) is 3.56. The Labute approximate surface area is 168 Å². The van der Waals surface area contributed by atoms with E-state index in [0.29, 0.717) is 37.6 Å². The molecule has 2 saturated heterocycles. The van der Waals surface area contributed by atoms with E-state index in [1.807, 2.05) is 0 Å². The predicted octanol–water partition coefficient (Wildman–Crippen LogP) is 2.15. The Morgan fingerprint density at radius 3 is 2.62 bits per heavy atom. The van der Waals surface area contributed by atoms with Gasteiger partial charge in [-0.1, -0.05) is 6.07 Å². The summed E-state index contributed by atoms with van der Waals surface area (Å²) in [7, 11) is -3.67. The summed E-state index contributed by atoms with van der Waals surface area (Å²) in [5.74, 6) is -0.451. The van der Waals surface area contributed by atoms with E-state index in [1.165, 1.54) is 17.3 Å². The Balaban J connectivity index is 1.53. The molecule has 10 heteroatoms. The van der Waals surface area contributed by atoms with E-state index < -0.39 is 15.9 Å². The van der Waals surface area contributed by atoms with Crippen LogP contribution in [0.2, 0.25) is 0 Å². The van der Waals surface area contributed by atoms with E-state index in [1.54, 1.807) is 29.2 Å². The summed E-state index contributed by atoms with van der Waals surface area (Å²) < 4.78 is 32.4. The Morgan fingerprint density at radius 2 is 1.93 bits per heavy atom. The second-order valence-corrected chi connectivity index (χ2v) is 8.94. The molecule has 1 aromatic heterocycles. The Bertz CT molecular complexity index is 1060. The van der Waals surface area contributed by atoms with Crippen molar-refractivity contribution in [2.75, 3.05) is 36.4 Å². The van der Waals surface area contributed by atoms with E-state index >= 15 is 0 Å². The number of carbonyl (C=O) groups is 2. The van der Waals surface area contributed by atoms with Gasteiger partial charge in [-0.2, -0.15) is 4.31 Å². The number of aryl methyl sites for hydroxylation is 1. The quantitative estimate of drug-likeness (QED) is 0.773. The Kier molecular flexibility index (Phi) is 5.05. The van der Waals surface area contributed by atoms with Crippen LogP contribution in [0.3, 0.4) is 0 Å². The van der Waals surface area contributed by atoms with Crippen LogP contribution in [-0.4, -0.2) is 50.8 Å². The van der Waals surface area contributed by atoms with Crippen molar-refractivity contribution in [3.8, 4) is 0 Å². The van der Waals surface area contributed by atoms with Gasteiger partial charge in [-0.25, -0.2) is 13.2 Å². The van der Waals surface area contributed by atoms with Crippen LogP contribution in [0.15, 0.2) is 39.6 Å². The number of benzene rings is 1. The Hall–Kier alpha value is -2.85. The van der Waals surface area contributed by atoms with Crippen LogP contribution in [0.4, 0.5) is 16.2 Å². The van der Waals surface area contributed by atoms with Gasteiger partial charge < -0.3 is 15.1 Å². The zero-order chi connectivity index (χ0) is 20.6. The van der Waals surface area contributed by atoms with Crippen molar-refractivity contribution in [2.45, 2.75) is 24.7 Å². The van der Waals surface area contributed by atoms with Gasteiger partial charge in [0.1, 0.15) is 10.7 Å². The molecular formula is C19H22N4O5S. The number of anilines is 2. The summed E-state index contributed by atoms with van der Waals surface area (Å²) in [6.07, 6.45) is 1.66. The summed E-state index contributed by atoms with van der Waals surface area (Å²) >= 11 is 0. The van der Waals surface area contributed by atoms with E-state index in [0.717, 1.165) is 12.8 Å². The molecule has 2 aromatic rings. The zero-order valence-corrected chi connectivity index (χ0v) is 16.8. The molecule has 2 fully saturated rings. The van der Waals surface area contributed by atoms with Crippen molar-refractivity contribution in [3.63, 3.8) is 0 Å². The first kappa shape index (κ1) is 19.5. The number of nitrogens with one attached hydrogen (secondary N) is 2. The summed E-state index contributed by atoms with van der Waals surface area (Å²) in [5.41, 5.74) is 1.14. The van der Waals surface area contributed by atoms with Crippen LogP contribution in [0.1, 0.15) is 29.2 Å². The minimum Gasteiger partial charge on any atom is -0.455 e. The topological polar surface area (TPSA) is 112 Å². The van der Waals surface area contributed by atoms with E-state index in [-0.39, 0.29) is 22.4 Å². The van der Waals surface area contributed by atoms with Crippen molar-refractivity contribution in [3.05, 3.63) is 41.9 Å². The molecule has 154 valence electrons.